The highest BCUT2D eigenvalue weighted by molar-refractivity contribution is 6.31. The topological polar surface area (TPSA) is 58.6 Å². The maximum atomic E-state index is 12.5. The molecule has 2 rings (SSSR count). The standard InChI is InChI=1S/C16H19ClN2O3/c1-9(2)22-15(20)13-10(3)19(4)16(21)18-14(13)11-7-5-6-8-12(11)17/h5-9,14H,1-4H3,(H,18,21)/t14-/m0/s1. The van der Waals surface area contributed by atoms with Crippen molar-refractivity contribution in [3.8, 4) is 0 Å². The molecule has 6 heteroatoms. The van der Waals surface area contributed by atoms with Crippen LogP contribution in [0.1, 0.15) is 32.4 Å². The molecular weight excluding hydrogens is 304 g/mol. The highest BCUT2D eigenvalue weighted by Gasteiger charge is 2.36. The summed E-state index contributed by atoms with van der Waals surface area (Å²) in [4.78, 5) is 25.9. The van der Waals surface area contributed by atoms with Gasteiger partial charge in [0, 0.05) is 17.8 Å². The minimum Gasteiger partial charge on any atom is -0.459 e. The molecule has 1 atom stereocenters. The van der Waals surface area contributed by atoms with E-state index in [4.69, 9.17) is 16.3 Å². The van der Waals surface area contributed by atoms with Crippen LogP contribution in [0.15, 0.2) is 35.5 Å². The summed E-state index contributed by atoms with van der Waals surface area (Å²) < 4.78 is 5.32. The lowest BCUT2D eigenvalue weighted by molar-refractivity contribution is -0.143. The highest BCUT2D eigenvalue weighted by Crippen LogP contribution is 2.34. The van der Waals surface area contributed by atoms with Gasteiger partial charge in [-0.15, -0.1) is 0 Å². The number of hydrogen-bond acceptors (Lipinski definition) is 3. The number of esters is 1. The van der Waals surface area contributed by atoms with Gasteiger partial charge in [-0.2, -0.15) is 0 Å². The van der Waals surface area contributed by atoms with Gasteiger partial charge in [0.05, 0.1) is 17.7 Å². The smallest absolute Gasteiger partial charge is 0.338 e. The first kappa shape index (κ1) is 16.4. The van der Waals surface area contributed by atoms with Crippen molar-refractivity contribution < 1.29 is 14.3 Å². The number of rotatable bonds is 3. The van der Waals surface area contributed by atoms with Crippen molar-refractivity contribution in [1.82, 2.24) is 10.2 Å². The molecule has 2 amide bonds. The fraction of sp³-hybridized carbons (Fsp3) is 0.375. The molecule has 1 aliphatic rings. The molecule has 0 unspecified atom stereocenters. The predicted octanol–water partition coefficient (Wildman–Crippen LogP) is 3.26. The molecule has 0 spiro atoms. The number of hydrogen-bond donors (Lipinski definition) is 1. The third-order valence-corrected chi connectivity index (χ3v) is 3.88. The molecule has 0 saturated carbocycles. The molecular formula is C16H19ClN2O3. The van der Waals surface area contributed by atoms with Crippen LogP contribution in [0, 0.1) is 0 Å². The maximum absolute atomic E-state index is 12.5. The Kier molecular flexibility index (Phi) is 4.76. The normalized spacial score (nSPS) is 18.5. The Balaban J connectivity index is 2.53. The summed E-state index contributed by atoms with van der Waals surface area (Å²) in [6.45, 7) is 5.28. The molecule has 5 nitrogen and oxygen atoms in total. The second-order valence-corrected chi connectivity index (χ2v) is 5.82. The summed E-state index contributed by atoms with van der Waals surface area (Å²) >= 11 is 6.23. The minimum absolute atomic E-state index is 0.248. The van der Waals surface area contributed by atoms with E-state index in [0.29, 0.717) is 21.9 Å². The Morgan fingerprint density at radius 2 is 2.00 bits per heavy atom. The second kappa shape index (κ2) is 6.40. The molecule has 0 aromatic heterocycles. The van der Waals surface area contributed by atoms with Gasteiger partial charge in [-0.1, -0.05) is 29.8 Å². The number of benzene rings is 1. The largest absolute Gasteiger partial charge is 0.459 e. The zero-order valence-electron chi connectivity index (χ0n) is 13.0. The maximum Gasteiger partial charge on any atom is 0.338 e. The quantitative estimate of drug-likeness (QED) is 0.869. The number of nitrogens with zero attached hydrogens (tertiary/aromatic N) is 1. The van der Waals surface area contributed by atoms with Crippen molar-refractivity contribution >= 4 is 23.6 Å². The number of carbonyl (C=O) groups excluding carboxylic acids is 2. The van der Waals surface area contributed by atoms with Crippen molar-refractivity contribution in [3.05, 3.63) is 46.1 Å². The fourth-order valence-corrected chi connectivity index (χ4v) is 2.56. The number of amides is 2. The van der Waals surface area contributed by atoms with E-state index in [1.165, 1.54) is 4.90 Å². The van der Waals surface area contributed by atoms with Crippen molar-refractivity contribution in [3.63, 3.8) is 0 Å². The van der Waals surface area contributed by atoms with Gasteiger partial charge in [0.2, 0.25) is 0 Å². The predicted molar refractivity (Wildman–Crippen MR) is 84.4 cm³/mol. The Bertz CT molecular complexity index is 640. The molecule has 0 aliphatic carbocycles. The van der Waals surface area contributed by atoms with E-state index in [2.05, 4.69) is 5.32 Å². The average molecular weight is 323 g/mol. The number of urea groups is 1. The molecule has 1 aromatic carbocycles. The van der Waals surface area contributed by atoms with Gasteiger partial charge in [-0.3, -0.25) is 0 Å². The van der Waals surface area contributed by atoms with Crippen LogP contribution in [-0.4, -0.2) is 30.1 Å². The third kappa shape index (κ3) is 3.09. The van der Waals surface area contributed by atoms with E-state index < -0.39 is 12.0 Å². The summed E-state index contributed by atoms with van der Waals surface area (Å²) in [5.74, 6) is -0.454. The molecule has 0 fully saturated rings. The average Bonchev–Trinajstić information content (AvgIpc) is 2.44. The Morgan fingerprint density at radius 1 is 1.36 bits per heavy atom. The van der Waals surface area contributed by atoms with Gasteiger partial charge in [-0.25, -0.2) is 9.59 Å². The third-order valence-electron chi connectivity index (χ3n) is 3.53. The van der Waals surface area contributed by atoms with Crippen LogP contribution in [0.3, 0.4) is 0 Å². The molecule has 0 radical (unpaired) electrons. The van der Waals surface area contributed by atoms with Crippen LogP contribution in [0.25, 0.3) is 0 Å². The van der Waals surface area contributed by atoms with Gasteiger partial charge in [0.1, 0.15) is 0 Å². The van der Waals surface area contributed by atoms with E-state index in [0.717, 1.165) is 0 Å². The van der Waals surface area contributed by atoms with Crippen LogP contribution in [0.2, 0.25) is 5.02 Å². The van der Waals surface area contributed by atoms with E-state index in [9.17, 15) is 9.59 Å². The summed E-state index contributed by atoms with van der Waals surface area (Å²) in [5, 5.41) is 3.29. The zero-order chi connectivity index (χ0) is 16.4. The summed E-state index contributed by atoms with van der Waals surface area (Å²) in [5.41, 5.74) is 1.61. The van der Waals surface area contributed by atoms with E-state index >= 15 is 0 Å². The molecule has 118 valence electrons. The molecule has 0 bridgehead atoms. The summed E-state index contributed by atoms with van der Waals surface area (Å²) in [7, 11) is 1.61. The van der Waals surface area contributed by atoms with Gasteiger partial charge in [-0.05, 0) is 32.4 Å². The lowest BCUT2D eigenvalue weighted by atomic mass is 9.95. The van der Waals surface area contributed by atoms with Gasteiger partial charge >= 0.3 is 12.0 Å². The van der Waals surface area contributed by atoms with Crippen LogP contribution >= 0.6 is 11.6 Å². The van der Waals surface area contributed by atoms with Crippen LogP contribution in [0.5, 0.6) is 0 Å². The number of nitrogens with one attached hydrogen (secondary N) is 1. The van der Waals surface area contributed by atoms with Crippen molar-refractivity contribution in [2.45, 2.75) is 32.9 Å². The Labute approximate surface area is 134 Å². The van der Waals surface area contributed by atoms with E-state index in [1.807, 2.05) is 6.07 Å². The second-order valence-electron chi connectivity index (χ2n) is 5.42. The molecule has 1 aliphatic heterocycles. The van der Waals surface area contributed by atoms with Crippen molar-refractivity contribution in [2.75, 3.05) is 7.05 Å². The van der Waals surface area contributed by atoms with Crippen molar-refractivity contribution in [2.24, 2.45) is 0 Å². The Morgan fingerprint density at radius 3 is 2.59 bits per heavy atom. The monoisotopic (exact) mass is 322 g/mol. The first-order valence-corrected chi connectivity index (χ1v) is 7.41. The molecule has 1 heterocycles. The van der Waals surface area contributed by atoms with Crippen molar-refractivity contribution in [1.29, 1.82) is 0 Å². The molecule has 0 saturated heterocycles. The van der Waals surface area contributed by atoms with Gasteiger partial charge in [0.25, 0.3) is 0 Å². The van der Waals surface area contributed by atoms with Crippen LogP contribution in [-0.2, 0) is 9.53 Å². The van der Waals surface area contributed by atoms with Crippen LogP contribution < -0.4 is 5.32 Å². The number of carbonyl (C=O) groups is 2. The minimum atomic E-state index is -0.622. The first-order valence-electron chi connectivity index (χ1n) is 7.03. The summed E-state index contributed by atoms with van der Waals surface area (Å²) in [6.07, 6.45) is -0.248. The van der Waals surface area contributed by atoms with E-state index in [-0.39, 0.29) is 12.1 Å². The van der Waals surface area contributed by atoms with E-state index in [1.54, 1.807) is 46.0 Å². The fourth-order valence-electron chi connectivity index (χ4n) is 2.32. The molecule has 1 aromatic rings. The first-order chi connectivity index (χ1) is 10.3. The van der Waals surface area contributed by atoms with Crippen LogP contribution in [0.4, 0.5) is 4.79 Å². The SMILES string of the molecule is CC1=C(C(=O)OC(C)C)[C@H](c2ccccc2Cl)NC(=O)N1C. The summed E-state index contributed by atoms with van der Waals surface area (Å²) in [6, 6.07) is 6.21. The number of halogens is 1. The number of allylic oxidation sites excluding steroid dienone is 1. The number of ether oxygens (including phenoxy) is 1. The van der Waals surface area contributed by atoms with Gasteiger partial charge in [0.15, 0.2) is 0 Å². The highest BCUT2D eigenvalue weighted by atomic mass is 35.5. The molecule has 1 N–H and O–H groups in total. The lowest BCUT2D eigenvalue weighted by Crippen LogP contribution is -2.46. The zero-order valence-corrected chi connectivity index (χ0v) is 13.8. The Hall–Kier alpha value is -2.01. The lowest BCUT2D eigenvalue weighted by Gasteiger charge is -2.33. The van der Waals surface area contributed by atoms with Gasteiger partial charge < -0.3 is 15.0 Å². The molecule has 22 heavy (non-hydrogen) atoms.